The van der Waals surface area contributed by atoms with Crippen LogP contribution in [0.5, 0.6) is 23.0 Å². The van der Waals surface area contributed by atoms with Crippen molar-refractivity contribution in [3.8, 4) is 23.0 Å². The van der Waals surface area contributed by atoms with Gasteiger partial charge >= 0.3 is 11.9 Å². The molecule has 4 unspecified atom stereocenters. The first-order valence-electron chi connectivity index (χ1n) is 14.4. The van der Waals surface area contributed by atoms with Gasteiger partial charge in [-0.25, -0.2) is 0 Å². The number of ether oxygens (including phenoxy) is 5. The van der Waals surface area contributed by atoms with Crippen molar-refractivity contribution >= 4 is 23.8 Å². The molecule has 0 saturated carbocycles. The molecule has 0 aliphatic carbocycles. The summed E-state index contributed by atoms with van der Waals surface area (Å²) in [7, 11) is 6.28. The Kier molecular flexibility index (Phi) is 11.8. The number of rotatable bonds is 11. The van der Waals surface area contributed by atoms with E-state index in [1.165, 1.54) is 0 Å². The van der Waals surface area contributed by atoms with E-state index in [9.17, 15) is 19.2 Å². The van der Waals surface area contributed by atoms with Crippen LogP contribution in [0.15, 0.2) is 36.4 Å². The van der Waals surface area contributed by atoms with E-state index in [-0.39, 0.29) is 30.2 Å². The Labute approximate surface area is 257 Å². The molecule has 0 bridgehead atoms. The fourth-order valence-electron chi connectivity index (χ4n) is 5.37. The lowest BCUT2D eigenvalue weighted by molar-refractivity contribution is -0.149. The molecule has 1 N–H and O–H groups in total. The second-order valence-corrected chi connectivity index (χ2v) is 10.7. The van der Waals surface area contributed by atoms with Crippen molar-refractivity contribution in [3.63, 3.8) is 0 Å². The van der Waals surface area contributed by atoms with E-state index >= 15 is 0 Å². The second kappa shape index (κ2) is 15.3. The van der Waals surface area contributed by atoms with Crippen LogP contribution in [0.4, 0.5) is 0 Å². The van der Waals surface area contributed by atoms with Crippen molar-refractivity contribution in [1.29, 1.82) is 0 Å². The van der Waals surface area contributed by atoms with Gasteiger partial charge in [0.15, 0.2) is 0 Å². The Balaban J connectivity index is 0.000000241. The van der Waals surface area contributed by atoms with Crippen molar-refractivity contribution in [2.75, 3.05) is 48.1 Å². The summed E-state index contributed by atoms with van der Waals surface area (Å²) < 4.78 is 26.0. The molecular formula is C32H42N2O10. The van der Waals surface area contributed by atoms with E-state index in [1.807, 2.05) is 18.2 Å². The highest BCUT2D eigenvalue weighted by atomic mass is 16.5. The molecular weight excluding hydrogens is 572 g/mol. The first kappa shape index (κ1) is 34.0. The lowest BCUT2D eigenvalue weighted by atomic mass is 9.98. The van der Waals surface area contributed by atoms with E-state index in [0.29, 0.717) is 49.2 Å². The number of benzene rings is 2. The van der Waals surface area contributed by atoms with Crippen LogP contribution in [-0.4, -0.2) is 86.8 Å². The monoisotopic (exact) mass is 614 g/mol. The van der Waals surface area contributed by atoms with Crippen LogP contribution in [0, 0.1) is 23.7 Å². The SMILES string of the molecule is CCOC(=O)C1CN(Cc2ccc(OC)cc2OC)C(=O)C1C.COc1ccc(CN2CC(C(=O)O)C(C)C2=O)c(OC)c1. The largest absolute Gasteiger partial charge is 0.497 e. The average Bonchev–Trinajstić information content (AvgIpc) is 3.47. The van der Waals surface area contributed by atoms with Crippen molar-refractivity contribution < 1.29 is 48.0 Å². The summed E-state index contributed by atoms with van der Waals surface area (Å²) in [5.74, 6) is -0.702. The molecule has 2 aromatic carbocycles. The van der Waals surface area contributed by atoms with Crippen LogP contribution in [0.25, 0.3) is 0 Å². The molecule has 0 aromatic heterocycles. The minimum absolute atomic E-state index is 0.0408. The van der Waals surface area contributed by atoms with Gasteiger partial charge < -0.3 is 38.6 Å². The van der Waals surface area contributed by atoms with Gasteiger partial charge in [0.1, 0.15) is 23.0 Å². The maximum absolute atomic E-state index is 12.4. The van der Waals surface area contributed by atoms with Crippen molar-refractivity contribution in [2.45, 2.75) is 33.9 Å². The van der Waals surface area contributed by atoms with Crippen LogP contribution in [0.3, 0.4) is 0 Å². The third-order valence-corrected chi connectivity index (χ3v) is 8.06. The number of methoxy groups -OCH3 is 4. The van der Waals surface area contributed by atoms with Gasteiger partial charge in [-0.2, -0.15) is 0 Å². The Morgan fingerprint density at radius 2 is 1.18 bits per heavy atom. The third kappa shape index (κ3) is 7.72. The Morgan fingerprint density at radius 3 is 1.55 bits per heavy atom. The number of carbonyl (C=O) groups is 4. The number of likely N-dealkylation sites (tertiary alicyclic amines) is 2. The summed E-state index contributed by atoms with van der Waals surface area (Å²) in [6.45, 7) is 6.84. The van der Waals surface area contributed by atoms with Gasteiger partial charge in [-0.3, -0.25) is 19.2 Å². The predicted molar refractivity (Wildman–Crippen MR) is 160 cm³/mol. The summed E-state index contributed by atoms with van der Waals surface area (Å²) in [5.41, 5.74) is 1.70. The van der Waals surface area contributed by atoms with Gasteiger partial charge in [0, 0.05) is 49.4 Å². The molecule has 12 nitrogen and oxygen atoms in total. The zero-order valence-corrected chi connectivity index (χ0v) is 26.3. The van der Waals surface area contributed by atoms with Gasteiger partial charge in [0.25, 0.3) is 0 Å². The molecule has 44 heavy (non-hydrogen) atoms. The first-order valence-corrected chi connectivity index (χ1v) is 14.4. The normalized spacial score (nSPS) is 21.0. The van der Waals surface area contributed by atoms with Crippen molar-refractivity contribution in [2.24, 2.45) is 23.7 Å². The molecule has 2 heterocycles. The van der Waals surface area contributed by atoms with Crippen LogP contribution in [-0.2, 0) is 37.0 Å². The van der Waals surface area contributed by atoms with Gasteiger partial charge in [0.05, 0.1) is 58.7 Å². The average molecular weight is 615 g/mol. The number of carbonyl (C=O) groups excluding carboxylic acids is 3. The van der Waals surface area contributed by atoms with E-state index in [4.69, 9.17) is 28.8 Å². The molecule has 2 aliphatic heterocycles. The molecule has 4 atom stereocenters. The fraction of sp³-hybridized carbons (Fsp3) is 0.500. The number of nitrogens with zero attached hydrogens (tertiary/aromatic N) is 2. The summed E-state index contributed by atoms with van der Waals surface area (Å²) in [6, 6.07) is 10.8. The summed E-state index contributed by atoms with van der Waals surface area (Å²) in [5, 5.41) is 9.13. The molecule has 0 spiro atoms. The highest BCUT2D eigenvalue weighted by Crippen LogP contribution is 2.32. The Hall–Kier alpha value is -4.48. The van der Waals surface area contributed by atoms with Crippen LogP contribution in [0.1, 0.15) is 31.9 Å². The molecule has 2 saturated heterocycles. The van der Waals surface area contributed by atoms with Crippen LogP contribution in [0.2, 0.25) is 0 Å². The zero-order valence-electron chi connectivity index (χ0n) is 26.3. The molecule has 2 aliphatic rings. The quantitative estimate of drug-likeness (QED) is 0.375. The van der Waals surface area contributed by atoms with Crippen LogP contribution >= 0.6 is 0 Å². The van der Waals surface area contributed by atoms with Gasteiger partial charge in [0.2, 0.25) is 11.8 Å². The number of carboxylic acids is 1. The van der Waals surface area contributed by atoms with E-state index in [1.54, 1.807) is 77.2 Å². The maximum atomic E-state index is 12.4. The molecule has 2 aromatic rings. The summed E-state index contributed by atoms with van der Waals surface area (Å²) in [4.78, 5) is 50.9. The molecule has 2 fully saturated rings. The van der Waals surface area contributed by atoms with Crippen molar-refractivity contribution in [3.05, 3.63) is 47.5 Å². The number of carboxylic acid groups (broad SMARTS) is 1. The summed E-state index contributed by atoms with van der Waals surface area (Å²) in [6.07, 6.45) is 0. The standard InChI is InChI=1S/C17H23NO5.C15H19NO5/c1-5-23-17(20)14-10-18(16(19)11(14)2)9-12-6-7-13(21-3)8-15(12)22-4;1-9-12(15(18)19)8-16(14(9)17)7-10-4-5-11(20-2)6-13(10)21-3/h6-8,11,14H,5,9-10H2,1-4H3;4-6,9,12H,7-8H2,1-3H3,(H,18,19). The van der Waals surface area contributed by atoms with Crippen molar-refractivity contribution in [1.82, 2.24) is 9.80 Å². The predicted octanol–water partition coefficient (Wildman–Crippen LogP) is 3.24. The Morgan fingerprint density at radius 1 is 0.750 bits per heavy atom. The first-order chi connectivity index (χ1) is 21.0. The van der Waals surface area contributed by atoms with Gasteiger partial charge in [-0.15, -0.1) is 0 Å². The number of esters is 1. The molecule has 12 heteroatoms. The third-order valence-electron chi connectivity index (χ3n) is 8.06. The topological polar surface area (TPSA) is 141 Å². The van der Waals surface area contributed by atoms with E-state index < -0.39 is 23.7 Å². The number of aliphatic carboxylic acids is 1. The molecule has 4 rings (SSSR count). The molecule has 240 valence electrons. The lowest BCUT2D eigenvalue weighted by Gasteiger charge is -2.18. The lowest BCUT2D eigenvalue weighted by Crippen LogP contribution is -2.26. The fourth-order valence-corrected chi connectivity index (χ4v) is 5.37. The molecule has 2 amide bonds. The number of hydrogen-bond donors (Lipinski definition) is 1. The van der Waals surface area contributed by atoms with Gasteiger partial charge in [-0.05, 0) is 31.2 Å². The number of amides is 2. The second-order valence-electron chi connectivity index (χ2n) is 10.7. The van der Waals surface area contributed by atoms with E-state index in [0.717, 1.165) is 11.1 Å². The Bertz CT molecular complexity index is 1350. The zero-order chi connectivity index (χ0) is 32.6. The minimum atomic E-state index is -0.931. The maximum Gasteiger partial charge on any atom is 0.311 e. The number of hydrogen-bond acceptors (Lipinski definition) is 9. The highest BCUT2D eigenvalue weighted by molar-refractivity contribution is 5.89. The highest BCUT2D eigenvalue weighted by Gasteiger charge is 2.43. The van der Waals surface area contributed by atoms with Gasteiger partial charge in [-0.1, -0.05) is 13.8 Å². The van der Waals surface area contributed by atoms with E-state index in [2.05, 4.69) is 0 Å². The smallest absolute Gasteiger partial charge is 0.311 e. The molecule has 0 radical (unpaired) electrons. The minimum Gasteiger partial charge on any atom is -0.497 e. The summed E-state index contributed by atoms with van der Waals surface area (Å²) >= 11 is 0. The van der Waals surface area contributed by atoms with Crippen LogP contribution < -0.4 is 18.9 Å².